The second-order valence-corrected chi connectivity index (χ2v) is 8.94. The number of carbonyl (C=O) groups excluding carboxylic acids is 3. The number of halogens is 2. The summed E-state index contributed by atoms with van der Waals surface area (Å²) < 4.78 is 11.5. The van der Waals surface area contributed by atoms with E-state index >= 15 is 0 Å². The number of carbonyl (C=O) groups is 3. The summed E-state index contributed by atoms with van der Waals surface area (Å²) in [4.78, 5) is 39.1. The molecular weight excluding hydrogens is 552 g/mol. The fourth-order valence-electron chi connectivity index (χ4n) is 3.44. The largest absolute Gasteiger partial charge is 0.503 e. The van der Waals surface area contributed by atoms with Crippen molar-refractivity contribution in [3.05, 3.63) is 86.9 Å². The second-order valence-electron chi connectivity index (χ2n) is 7.65. The van der Waals surface area contributed by atoms with Crippen LogP contribution >= 0.6 is 27.5 Å². The normalized spacial score (nSPS) is 14.7. The minimum atomic E-state index is -0.862. The number of hydrogen-bond acceptors (Lipinski definition) is 6. The average Bonchev–Trinajstić information content (AvgIpc) is 2.85. The number of phenolic OH excluding ortho intramolecular Hbond substituents is 1. The third kappa shape index (κ3) is 5.53. The van der Waals surface area contributed by atoms with Gasteiger partial charge in [0.05, 0.1) is 16.8 Å². The van der Waals surface area contributed by atoms with Gasteiger partial charge in [-0.15, -0.1) is 0 Å². The highest BCUT2D eigenvalue weighted by molar-refractivity contribution is 9.10. The standard InChI is InChI=1S/C26H20BrClN2O6/c1-2-35-22-13-16(12-21(27)23(22)31)11-20-24(32)29-26(34)30(25(20)33)18-7-9-19(10-8-18)36-14-15-3-5-17(28)6-4-15/h3-13,31H,2,14H2,1H3,(H,29,32,34)/b20-11+. The Morgan fingerprint density at radius 1 is 1.03 bits per heavy atom. The highest BCUT2D eigenvalue weighted by atomic mass is 79.9. The van der Waals surface area contributed by atoms with Gasteiger partial charge in [0.15, 0.2) is 11.5 Å². The van der Waals surface area contributed by atoms with E-state index < -0.39 is 17.8 Å². The van der Waals surface area contributed by atoms with Crippen molar-refractivity contribution in [1.29, 1.82) is 0 Å². The van der Waals surface area contributed by atoms with Gasteiger partial charge in [-0.25, -0.2) is 9.69 Å². The van der Waals surface area contributed by atoms with E-state index in [9.17, 15) is 19.5 Å². The van der Waals surface area contributed by atoms with Gasteiger partial charge in [-0.05, 0) is 88.6 Å². The van der Waals surface area contributed by atoms with Gasteiger partial charge >= 0.3 is 6.03 Å². The van der Waals surface area contributed by atoms with Crippen LogP contribution in [-0.4, -0.2) is 29.6 Å². The zero-order chi connectivity index (χ0) is 25.8. The molecule has 0 radical (unpaired) electrons. The number of amides is 4. The summed E-state index contributed by atoms with van der Waals surface area (Å²) in [5.74, 6) is -1.01. The maximum absolute atomic E-state index is 13.2. The third-order valence-corrected chi connectivity index (χ3v) is 6.03. The molecule has 0 unspecified atom stereocenters. The molecule has 4 amide bonds. The third-order valence-electron chi connectivity index (χ3n) is 5.18. The molecule has 0 saturated carbocycles. The summed E-state index contributed by atoms with van der Waals surface area (Å²) in [6.07, 6.45) is 1.33. The summed E-state index contributed by atoms with van der Waals surface area (Å²) >= 11 is 9.12. The number of phenols is 1. The van der Waals surface area contributed by atoms with Crippen LogP contribution in [0, 0.1) is 0 Å². The molecule has 3 aromatic carbocycles. The molecule has 8 nitrogen and oxygen atoms in total. The Bertz CT molecular complexity index is 1360. The van der Waals surface area contributed by atoms with Crippen molar-refractivity contribution in [2.24, 2.45) is 0 Å². The minimum Gasteiger partial charge on any atom is -0.503 e. The summed E-state index contributed by atoms with van der Waals surface area (Å²) in [6, 6.07) is 15.7. The van der Waals surface area contributed by atoms with Gasteiger partial charge in [0.2, 0.25) is 0 Å². The zero-order valence-electron chi connectivity index (χ0n) is 19.0. The fraction of sp³-hybridized carbons (Fsp3) is 0.115. The molecule has 0 aliphatic carbocycles. The fourth-order valence-corrected chi connectivity index (χ4v) is 4.03. The number of urea groups is 1. The first-order valence-corrected chi connectivity index (χ1v) is 12.0. The van der Waals surface area contributed by atoms with E-state index in [0.29, 0.717) is 34.0 Å². The Morgan fingerprint density at radius 3 is 2.39 bits per heavy atom. The Labute approximate surface area is 220 Å². The Kier molecular flexibility index (Phi) is 7.61. The lowest BCUT2D eigenvalue weighted by Gasteiger charge is -2.26. The quantitative estimate of drug-likeness (QED) is 0.289. The van der Waals surface area contributed by atoms with Gasteiger partial charge < -0.3 is 14.6 Å². The second kappa shape index (κ2) is 10.8. The first-order valence-electron chi connectivity index (χ1n) is 10.8. The van der Waals surface area contributed by atoms with Crippen LogP contribution in [0.1, 0.15) is 18.1 Å². The number of rotatable bonds is 7. The molecule has 0 atom stereocenters. The molecule has 1 aliphatic heterocycles. The maximum Gasteiger partial charge on any atom is 0.335 e. The van der Waals surface area contributed by atoms with E-state index in [1.54, 1.807) is 43.3 Å². The molecule has 1 saturated heterocycles. The van der Waals surface area contributed by atoms with Crippen LogP contribution in [0.4, 0.5) is 10.5 Å². The Hall–Kier alpha value is -3.82. The molecule has 1 aliphatic rings. The van der Waals surface area contributed by atoms with E-state index in [1.807, 2.05) is 12.1 Å². The number of ether oxygens (including phenoxy) is 2. The number of aromatic hydroxyl groups is 1. The number of benzene rings is 3. The van der Waals surface area contributed by atoms with Crippen LogP contribution < -0.4 is 19.7 Å². The molecule has 0 aromatic heterocycles. The molecule has 4 rings (SSSR count). The van der Waals surface area contributed by atoms with Crippen LogP contribution in [0.3, 0.4) is 0 Å². The number of hydrogen-bond donors (Lipinski definition) is 2. The monoisotopic (exact) mass is 570 g/mol. The van der Waals surface area contributed by atoms with Gasteiger partial charge in [-0.2, -0.15) is 0 Å². The van der Waals surface area contributed by atoms with Crippen LogP contribution in [0.5, 0.6) is 17.2 Å². The molecule has 1 heterocycles. The molecule has 10 heteroatoms. The molecule has 2 N–H and O–H groups in total. The SMILES string of the molecule is CCOc1cc(/C=C2\C(=O)NC(=O)N(c3ccc(OCc4ccc(Cl)cc4)cc3)C2=O)cc(Br)c1O. The van der Waals surface area contributed by atoms with Crippen LogP contribution in [0.15, 0.2) is 70.7 Å². The van der Waals surface area contributed by atoms with Crippen molar-refractivity contribution < 1.29 is 29.0 Å². The number of nitrogens with zero attached hydrogens (tertiary/aromatic N) is 1. The van der Waals surface area contributed by atoms with E-state index in [-0.39, 0.29) is 22.8 Å². The summed E-state index contributed by atoms with van der Waals surface area (Å²) in [5, 5.41) is 12.9. The summed E-state index contributed by atoms with van der Waals surface area (Å²) in [6.45, 7) is 2.38. The summed E-state index contributed by atoms with van der Waals surface area (Å²) in [5.41, 5.74) is 1.35. The lowest BCUT2D eigenvalue weighted by atomic mass is 10.1. The Balaban J connectivity index is 1.55. The highest BCUT2D eigenvalue weighted by Crippen LogP contribution is 2.36. The molecule has 0 bridgehead atoms. The molecule has 36 heavy (non-hydrogen) atoms. The number of barbiturate groups is 1. The van der Waals surface area contributed by atoms with E-state index in [4.69, 9.17) is 21.1 Å². The van der Waals surface area contributed by atoms with Crippen molar-refractivity contribution in [2.45, 2.75) is 13.5 Å². The number of imide groups is 2. The minimum absolute atomic E-state index is 0.103. The van der Waals surface area contributed by atoms with Crippen LogP contribution in [0.2, 0.25) is 5.02 Å². The van der Waals surface area contributed by atoms with Gasteiger partial charge in [-0.3, -0.25) is 14.9 Å². The molecule has 0 spiro atoms. The summed E-state index contributed by atoms with van der Waals surface area (Å²) in [7, 11) is 0. The zero-order valence-corrected chi connectivity index (χ0v) is 21.3. The van der Waals surface area contributed by atoms with Gasteiger partial charge in [0.1, 0.15) is 17.9 Å². The number of nitrogens with one attached hydrogen (secondary N) is 1. The van der Waals surface area contributed by atoms with E-state index in [1.165, 1.54) is 18.2 Å². The van der Waals surface area contributed by atoms with Crippen molar-refractivity contribution >= 4 is 57.1 Å². The molecule has 1 fully saturated rings. The first-order chi connectivity index (χ1) is 17.3. The highest BCUT2D eigenvalue weighted by Gasteiger charge is 2.36. The maximum atomic E-state index is 13.2. The first kappa shape index (κ1) is 25.3. The Morgan fingerprint density at radius 2 is 1.72 bits per heavy atom. The van der Waals surface area contributed by atoms with Gasteiger partial charge in [0.25, 0.3) is 11.8 Å². The van der Waals surface area contributed by atoms with Gasteiger partial charge in [0, 0.05) is 5.02 Å². The lowest BCUT2D eigenvalue weighted by molar-refractivity contribution is -0.122. The molecule has 184 valence electrons. The topological polar surface area (TPSA) is 105 Å². The lowest BCUT2D eigenvalue weighted by Crippen LogP contribution is -2.54. The van der Waals surface area contributed by atoms with E-state index in [2.05, 4.69) is 21.2 Å². The number of anilines is 1. The van der Waals surface area contributed by atoms with Crippen LogP contribution in [0.25, 0.3) is 6.08 Å². The smallest absolute Gasteiger partial charge is 0.335 e. The van der Waals surface area contributed by atoms with Crippen molar-refractivity contribution in [1.82, 2.24) is 5.32 Å². The van der Waals surface area contributed by atoms with Crippen molar-refractivity contribution in [3.8, 4) is 17.2 Å². The predicted molar refractivity (Wildman–Crippen MR) is 138 cm³/mol. The van der Waals surface area contributed by atoms with Crippen molar-refractivity contribution in [3.63, 3.8) is 0 Å². The van der Waals surface area contributed by atoms with Gasteiger partial charge in [-0.1, -0.05) is 23.7 Å². The molecular formula is C26H20BrClN2O6. The van der Waals surface area contributed by atoms with Crippen LogP contribution in [-0.2, 0) is 16.2 Å². The average molecular weight is 572 g/mol. The predicted octanol–water partition coefficient (Wildman–Crippen LogP) is 5.45. The van der Waals surface area contributed by atoms with E-state index in [0.717, 1.165) is 10.5 Å². The molecule has 3 aromatic rings. The van der Waals surface area contributed by atoms with Crippen molar-refractivity contribution in [2.75, 3.05) is 11.5 Å².